The predicted molar refractivity (Wildman–Crippen MR) is 79.8 cm³/mol. The van der Waals surface area contributed by atoms with E-state index in [2.05, 4.69) is 64.0 Å². The Morgan fingerprint density at radius 1 is 0.947 bits per heavy atom. The van der Waals surface area contributed by atoms with Crippen molar-refractivity contribution >= 4 is 0 Å². The highest BCUT2D eigenvalue weighted by Crippen LogP contribution is 2.36. The Hall–Kier alpha value is -0.960. The van der Waals surface area contributed by atoms with E-state index in [0.717, 1.165) is 18.8 Å². The average molecular weight is 261 g/mol. The fraction of sp³-hybridized carbons (Fsp3) is 0.750. The van der Waals surface area contributed by atoms with Crippen molar-refractivity contribution in [3.63, 3.8) is 0 Å². The van der Waals surface area contributed by atoms with Gasteiger partial charge >= 0.3 is 0 Å². The molecular weight excluding hydrogens is 234 g/mol. The Labute approximate surface area is 117 Å². The highest BCUT2D eigenvalue weighted by atomic mass is 15.1. The standard InChI is InChI=1S/C16H27N3/c1-10-12(15(2,3)4)14(16(5,6)7)19-18-13(10)11-8-17-9-11/h11,17H,8-9H2,1-7H3. The topological polar surface area (TPSA) is 37.8 Å². The van der Waals surface area contributed by atoms with Crippen molar-refractivity contribution in [1.82, 2.24) is 15.5 Å². The van der Waals surface area contributed by atoms with Gasteiger partial charge in [0.15, 0.2) is 0 Å². The quantitative estimate of drug-likeness (QED) is 0.844. The average Bonchev–Trinajstić information content (AvgIpc) is 2.14. The van der Waals surface area contributed by atoms with Crippen molar-refractivity contribution in [3.8, 4) is 0 Å². The molecule has 1 fully saturated rings. The van der Waals surface area contributed by atoms with E-state index in [1.807, 2.05) is 0 Å². The zero-order chi connectivity index (χ0) is 14.4. The Morgan fingerprint density at radius 3 is 1.89 bits per heavy atom. The van der Waals surface area contributed by atoms with Crippen LogP contribution in [0.15, 0.2) is 0 Å². The minimum Gasteiger partial charge on any atom is -0.315 e. The van der Waals surface area contributed by atoms with E-state index in [-0.39, 0.29) is 10.8 Å². The lowest BCUT2D eigenvalue weighted by molar-refractivity contribution is 0.425. The van der Waals surface area contributed by atoms with E-state index in [1.165, 1.54) is 16.8 Å². The second-order valence-electron chi connectivity index (χ2n) is 7.79. The monoisotopic (exact) mass is 261 g/mol. The number of aromatic nitrogens is 2. The van der Waals surface area contributed by atoms with Crippen LogP contribution in [-0.2, 0) is 10.8 Å². The maximum absolute atomic E-state index is 4.60. The van der Waals surface area contributed by atoms with E-state index in [9.17, 15) is 0 Å². The van der Waals surface area contributed by atoms with Crippen LogP contribution in [0.3, 0.4) is 0 Å². The second-order valence-corrected chi connectivity index (χ2v) is 7.79. The van der Waals surface area contributed by atoms with Crippen LogP contribution in [0.25, 0.3) is 0 Å². The zero-order valence-corrected chi connectivity index (χ0v) is 13.4. The minimum absolute atomic E-state index is 0.0385. The van der Waals surface area contributed by atoms with Crippen molar-refractivity contribution in [2.24, 2.45) is 0 Å². The molecule has 0 saturated carbocycles. The van der Waals surface area contributed by atoms with Crippen LogP contribution in [0.4, 0.5) is 0 Å². The molecule has 19 heavy (non-hydrogen) atoms. The van der Waals surface area contributed by atoms with Gasteiger partial charge in [0, 0.05) is 24.4 Å². The normalized spacial score (nSPS) is 17.4. The first-order chi connectivity index (χ1) is 8.62. The Balaban J connectivity index is 2.62. The van der Waals surface area contributed by atoms with Gasteiger partial charge in [0.2, 0.25) is 0 Å². The highest BCUT2D eigenvalue weighted by molar-refractivity contribution is 5.41. The van der Waals surface area contributed by atoms with Crippen LogP contribution in [0.5, 0.6) is 0 Å². The smallest absolute Gasteiger partial charge is 0.0724 e. The fourth-order valence-corrected chi connectivity index (χ4v) is 2.85. The van der Waals surface area contributed by atoms with Gasteiger partial charge in [0.1, 0.15) is 0 Å². The zero-order valence-electron chi connectivity index (χ0n) is 13.4. The molecule has 0 aliphatic carbocycles. The summed E-state index contributed by atoms with van der Waals surface area (Å²) in [5.41, 5.74) is 5.21. The molecule has 1 aliphatic rings. The van der Waals surface area contributed by atoms with Gasteiger partial charge in [-0.2, -0.15) is 10.2 Å². The van der Waals surface area contributed by atoms with E-state index in [4.69, 9.17) is 0 Å². The van der Waals surface area contributed by atoms with Crippen LogP contribution in [0, 0.1) is 6.92 Å². The van der Waals surface area contributed by atoms with Gasteiger partial charge in [-0.1, -0.05) is 41.5 Å². The summed E-state index contributed by atoms with van der Waals surface area (Å²) in [7, 11) is 0. The first-order valence-corrected chi connectivity index (χ1v) is 7.21. The number of hydrogen-bond acceptors (Lipinski definition) is 3. The molecule has 1 saturated heterocycles. The molecular formula is C16H27N3. The van der Waals surface area contributed by atoms with Gasteiger partial charge in [0.05, 0.1) is 11.4 Å². The highest BCUT2D eigenvalue weighted by Gasteiger charge is 2.32. The lowest BCUT2D eigenvalue weighted by Crippen LogP contribution is -2.41. The predicted octanol–water partition coefficient (Wildman–Crippen LogP) is 3.07. The van der Waals surface area contributed by atoms with E-state index < -0.39 is 0 Å². The molecule has 0 radical (unpaired) electrons. The van der Waals surface area contributed by atoms with Gasteiger partial charge in [-0.3, -0.25) is 0 Å². The third-order valence-corrected chi connectivity index (χ3v) is 3.88. The molecule has 0 unspecified atom stereocenters. The lowest BCUT2D eigenvalue weighted by Gasteiger charge is -2.34. The molecule has 3 nitrogen and oxygen atoms in total. The molecule has 2 heterocycles. The maximum atomic E-state index is 4.60. The number of rotatable bonds is 1. The van der Waals surface area contributed by atoms with Crippen molar-refractivity contribution in [1.29, 1.82) is 0 Å². The summed E-state index contributed by atoms with van der Waals surface area (Å²) in [5.74, 6) is 0.544. The summed E-state index contributed by atoms with van der Waals surface area (Å²) in [4.78, 5) is 0. The van der Waals surface area contributed by atoms with Gasteiger partial charge in [-0.15, -0.1) is 0 Å². The van der Waals surface area contributed by atoms with Crippen molar-refractivity contribution in [2.45, 2.75) is 65.2 Å². The molecule has 1 aromatic rings. The third kappa shape index (κ3) is 2.66. The van der Waals surface area contributed by atoms with E-state index in [0.29, 0.717) is 5.92 Å². The summed E-state index contributed by atoms with van der Waals surface area (Å²) in [5, 5.41) is 12.5. The van der Waals surface area contributed by atoms with Gasteiger partial charge < -0.3 is 5.32 Å². The Morgan fingerprint density at radius 2 is 1.53 bits per heavy atom. The molecule has 0 spiro atoms. The van der Waals surface area contributed by atoms with Crippen LogP contribution in [-0.4, -0.2) is 23.3 Å². The summed E-state index contributed by atoms with van der Waals surface area (Å²) in [6.07, 6.45) is 0. The van der Waals surface area contributed by atoms with Gasteiger partial charge in [0.25, 0.3) is 0 Å². The fourth-order valence-electron chi connectivity index (χ4n) is 2.85. The molecule has 0 aromatic carbocycles. The molecule has 1 N–H and O–H groups in total. The van der Waals surface area contributed by atoms with Gasteiger partial charge in [-0.25, -0.2) is 0 Å². The number of nitrogens with zero attached hydrogens (tertiary/aromatic N) is 2. The molecule has 0 bridgehead atoms. The van der Waals surface area contributed by atoms with Crippen LogP contribution in [0.2, 0.25) is 0 Å². The largest absolute Gasteiger partial charge is 0.315 e. The van der Waals surface area contributed by atoms with Crippen molar-refractivity contribution in [3.05, 3.63) is 22.5 Å². The van der Waals surface area contributed by atoms with Crippen molar-refractivity contribution < 1.29 is 0 Å². The Bertz CT molecular complexity index is 474. The minimum atomic E-state index is 0.0385. The van der Waals surface area contributed by atoms with Crippen LogP contribution >= 0.6 is 0 Å². The number of nitrogens with one attached hydrogen (secondary N) is 1. The van der Waals surface area contributed by atoms with Crippen molar-refractivity contribution in [2.75, 3.05) is 13.1 Å². The molecule has 0 atom stereocenters. The first kappa shape index (κ1) is 14.4. The van der Waals surface area contributed by atoms with Crippen LogP contribution in [0.1, 0.15) is 70.0 Å². The molecule has 106 valence electrons. The van der Waals surface area contributed by atoms with Crippen LogP contribution < -0.4 is 5.32 Å². The molecule has 0 amide bonds. The molecule has 2 rings (SSSR count). The lowest BCUT2D eigenvalue weighted by atomic mass is 9.75. The summed E-state index contributed by atoms with van der Waals surface area (Å²) < 4.78 is 0. The summed E-state index contributed by atoms with van der Waals surface area (Å²) in [6.45, 7) is 17.8. The Kier molecular flexibility index (Phi) is 3.46. The first-order valence-electron chi connectivity index (χ1n) is 7.21. The summed E-state index contributed by atoms with van der Waals surface area (Å²) >= 11 is 0. The van der Waals surface area contributed by atoms with Gasteiger partial charge in [-0.05, 0) is 23.5 Å². The molecule has 1 aliphatic heterocycles. The number of hydrogen-bond donors (Lipinski definition) is 1. The second kappa shape index (κ2) is 4.55. The third-order valence-electron chi connectivity index (χ3n) is 3.88. The molecule has 1 aromatic heterocycles. The maximum Gasteiger partial charge on any atom is 0.0724 e. The molecule has 3 heteroatoms. The SMILES string of the molecule is Cc1c(C2CNC2)nnc(C(C)(C)C)c1C(C)(C)C. The van der Waals surface area contributed by atoms with E-state index in [1.54, 1.807) is 0 Å². The summed E-state index contributed by atoms with van der Waals surface area (Å²) in [6, 6.07) is 0. The van der Waals surface area contributed by atoms with E-state index >= 15 is 0 Å².